The van der Waals surface area contributed by atoms with E-state index in [1.165, 1.54) is 12.8 Å². The zero-order chi connectivity index (χ0) is 15.3. The molecular weight excluding hydrogens is 314 g/mol. The summed E-state index contributed by atoms with van der Waals surface area (Å²) in [5.74, 6) is 0.0823. The summed E-state index contributed by atoms with van der Waals surface area (Å²) < 4.78 is 1.72. The molecule has 124 valence electrons. The van der Waals surface area contributed by atoms with Gasteiger partial charge in [-0.15, -0.1) is 17.5 Å². The molecule has 2 fully saturated rings. The molecule has 2 aromatic rings. The maximum Gasteiger partial charge on any atom is 0.253 e. The predicted molar refractivity (Wildman–Crippen MR) is 90.8 cm³/mol. The Morgan fingerprint density at radius 3 is 2.70 bits per heavy atom. The van der Waals surface area contributed by atoms with Crippen molar-refractivity contribution in [3.05, 3.63) is 23.8 Å². The number of amides is 1. The third-order valence-electron chi connectivity index (χ3n) is 5.17. The quantitative estimate of drug-likeness (QED) is 0.908. The summed E-state index contributed by atoms with van der Waals surface area (Å²) in [4.78, 5) is 14.7. The first-order valence-corrected chi connectivity index (χ1v) is 7.94. The van der Waals surface area contributed by atoms with Crippen LogP contribution in [0.2, 0.25) is 0 Å². The summed E-state index contributed by atoms with van der Waals surface area (Å²) in [5.41, 5.74) is 2.41. The van der Waals surface area contributed by atoms with Gasteiger partial charge in [0.2, 0.25) is 0 Å². The Labute approximate surface area is 141 Å². The molecule has 2 saturated heterocycles. The van der Waals surface area contributed by atoms with Crippen molar-refractivity contribution in [2.75, 3.05) is 7.05 Å². The lowest BCUT2D eigenvalue weighted by Crippen LogP contribution is -2.48. The molecule has 2 aliphatic heterocycles. The van der Waals surface area contributed by atoms with Crippen molar-refractivity contribution in [2.24, 2.45) is 7.05 Å². The van der Waals surface area contributed by atoms with Gasteiger partial charge in [-0.3, -0.25) is 4.79 Å². The van der Waals surface area contributed by atoms with Crippen LogP contribution in [0.5, 0.6) is 0 Å². The van der Waals surface area contributed by atoms with Crippen LogP contribution in [-0.2, 0) is 7.05 Å². The van der Waals surface area contributed by atoms with Gasteiger partial charge in [0, 0.05) is 37.8 Å². The molecule has 4 rings (SSSR count). The third-order valence-corrected chi connectivity index (χ3v) is 5.17. The van der Waals surface area contributed by atoms with E-state index in [1.54, 1.807) is 4.68 Å². The number of fused-ring (bicyclic) bond motifs is 3. The van der Waals surface area contributed by atoms with E-state index in [2.05, 4.69) is 15.6 Å². The minimum atomic E-state index is 0. The van der Waals surface area contributed by atoms with Crippen LogP contribution in [0, 0.1) is 0 Å². The Hall–Kier alpha value is -1.66. The average Bonchev–Trinajstić information content (AvgIpc) is 3.08. The molecule has 7 heteroatoms. The van der Waals surface area contributed by atoms with Crippen LogP contribution in [0.3, 0.4) is 0 Å². The summed E-state index contributed by atoms with van der Waals surface area (Å²) in [7, 11) is 3.78. The number of aromatic nitrogens is 3. The molecular formula is C16H22ClN5O. The maximum atomic E-state index is 12.8. The fourth-order valence-corrected chi connectivity index (χ4v) is 3.89. The lowest BCUT2D eigenvalue weighted by Gasteiger charge is -2.35. The van der Waals surface area contributed by atoms with Crippen molar-refractivity contribution in [3.63, 3.8) is 0 Å². The highest BCUT2D eigenvalue weighted by molar-refractivity contribution is 5.97. The van der Waals surface area contributed by atoms with E-state index in [9.17, 15) is 4.79 Å². The van der Waals surface area contributed by atoms with E-state index in [1.807, 2.05) is 37.2 Å². The summed E-state index contributed by atoms with van der Waals surface area (Å²) >= 11 is 0. The number of carbonyl (C=O) groups excluding carboxylic acids is 1. The number of piperidine rings is 1. The predicted octanol–water partition coefficient (Wildman–Crippen LogP) is 1.75. The molecule has 2 aliphatic rings. The third kappa shape index (κ3) is 2.81. The van der Waals surface area contributed by atoms with Gasteiger partial charge in [-0.1, -0.05) is 5.21 Å². The second-order valence-electron chi connectivity index (χ2n) is 6.60. The summed E-state index contributed by atoms with van der Waals surface area (Å²) in [6, 6.07) is 7.14. The first kappa shape index (κ1) is 16.2. The molecule has 2 atom stereocenters. The van der Waals surface area contributed by atoms with Crippen molar-refractivity contribution in [3.8, 4) is 0 Å². The molecule has 3 heterocycles. The molecule has 6 nitrogen and oxygen atoms in total. The van der Waals surface area contributed by atoms with Crippen molar-refractivity contribution in [2.45, 2.75) is 43.8 Å². The first-order chi connectivity index (χ1) is 10.6. The second-order valence-corrected chi connectivity index (χ2v) is 6.60. The molecule has 1 aromatic carbocycles. The summed E-state index contributed by atoms with van der Waals surface area (Å²) in [6.07, 6.45) is 4.61. The second kappa shape index (κ2) is 6.09. The van der Waals surface area contributed by atoms with Gasteiger partial charge in [-0.05, 0) is 43.9 Å². The topological polar surface area (TPSA) is 63.1 Å². The van der Waals surface area contributed by atoms with Gasteiger partial charge in [0.1, 0.15) is 5.52 Å². The molecule has 1 aromatic heterocycles. The zero-order valence-electron chi connectivity index (χ0n) is 13.4. The lowest BCUT2D eigenvalue weighted by molar-refractivity contribution is 0.0682. The minimum Gasteiger partial charge on any atom is -0.339 e. The zero-order valence-corrected chi connectivity index (χ0v) is 14.2. The van der Waals surface area contributed by atoms with Gasteiger partial charge < -0.3 is 10.2 Å². The van der Waals surface area contributed by atoms with Crippen LogP contribution < -0.4 is 5.32 Å². The van der Waals surface area contributed by atoms with E-state index in [4.69, 9.17) is 0 Å². The molecule has 0 saturated carbocycles. The van der Waals surface area contributed by atoms with E-state index in [-0.39, 0.29) is 18.3 Å². The van der Waals surface area contributed by atoms with E-state index < -0.39 is 0 Å². The fraction of sp³-hybridized carbons (Fsp3) is 0.562. The van der Waals surface area contributed by atoms with Gasteiger partial charge in [0.05, 0.1) is 5.52 Å². The van der Waals surface area contributed by atoms with E-state index in [0.29, 0.717) is 23.7 Å². The molecule has 1 amide bonds. The summed E-state index contributed by atoms with van der Waals surface area (Å²) in [6.45, 7) is 0. The van der Waals surface area contributed by atoms with Crippen LogP contribution in [-0.4, -0.2) is 51.0 Å². The van der Waals surface area contributed by atoms with Crippen LogP contribution >= 0.6 is 12.4 Å². The lowest BCUT2D eigenvalue weighted by atomic mass is 9.98. The molecule has 1 N–H and O–H groups in total. The van der Waals surface area contributed by atoms with Crippen molar-refractivity contribution < 1.29 is 4.79 Å². The number of hydrogen-bond acceptors (Lipinski definition) is 4. The van der Waals surface area contributed by atoms with Gasteiger partial charge in [0.25, 0.3) is 5.91 Å². The summed E-state index contributed by atoms with van der Waals surface area (Å²) in [5, 5.41) is 11.7. The molecule has 0 radical (unpaired) electrons. The van der Waals surface area contributed by atoms with Crippen molar-refractivity contribution >= 4 is 29.3 Å². The Morgan fingerprint density at radius 1 is 1.30 bits per heavy atom. The fourth-order valence-electron chi connectivity index (χ4n) is 3.89. The highest BCUT2D eigenvalue weighted by atomic mass is 35.5. The number of hydrogen-bond donors (Lipinski definition) is 1. The monoisotopic (exact) mass is 335 g/mol. The highest BCUT2D eigenvalue weighted by Crippen LogP contribution is 2.30. The number of benzene rings is 1. The number of nitrogens with one attached hydrogen (secondary N) is 1. The van der Waals surface area contributed by atoms with Crippen molar-refractivity contribution in [1.82, 2.24) is 25.2 Å². The van der Waals surface area contributed by atoms with Crippen LogP contribution in [0.15, 0.2) is 18.2 Å². The van der Waals surface area contributed by atoms with Crippen LogP contribution in [0.25, 0.3) is 11.0 Å². The molecule has 2 unspecified atom stereocenters. The molecule has 23 heavy (non-hydrogen) atoms. The standard InChI is InChI=1S/C16H21N5O.ClH/c1-20(13-8-11-4-5-12(9-13)17-11)16(22)10-3-6-15-14(7-10)18-19-21(15)2;/h3,6-7,11-13,17H,4-5,8-9H2,1-2H3;1H. The molecule has 0 aliphatic carbocycles. The largest absolute Gasteiger partial charge is 0.339 e. The smallest absolute Gasteiger partial charge is 0.253 e. The van der Waals surface area contributed by atoms with Gasteiger partial charge >= 0.3 is 0 Å². The van der Waals surface area contributed by atoms with Crippen LogP contribution in [0.1, 0.15) is 36.0 Å². The normalized spacial score (nSPS) is 26.1. The van der Waals surface area contributed by atoms with Crippen LogP contribution in [0.4, 0.5) is 0 Å². The average molecular weight is 336 g/mol. The van der Waals surface area contributed by atoms with Crippen molar-refractivity contribution in [1.29, 1.82) is 0 Å². The first-order valence-electron chi connectivity index (χ1n) is 7.94. The van der Waals surface area contributed by atoms with E-state index in [0.717, 1.165) is 23.9 Å². The minimum absolute atomic E-state index is 0. The molecule has 2 bridgehead atoms. The molecule has 0 spiro atoms. The number of halogens is 1. The Balaban J connectivity index is 0.00000156. The number of rotatable bonds is 2. The Morgan fingerprint density at radius 2 is 2.00 bits per heavy atom. The van der Waals surface area contributed by atoms with Gasteiger partial charge in [-0.2, -0.15) is 0 Å². The van der Waals surface area contributed by atoms with Gasteiger partial charge in [-0.25, -0.2) is 4.68 Å². The maximum absolute atomic E-state index is 12.8. The van der Waals surface area contributed by atoms with Gasteiger partial charge in [0.15, 0.2) is 0 Å². The Kier molecular flexibility index (Phi) is 4.29. The number of carbonyl (C=O) groups is 1. The highest BCUT2D eigenvalue weighted by Gasteiger charge is 2.36. The number of nitrogens with zero attached hydrogens (tertiary/aromatic N) is 4. The Bertz CT molecular complexity index is 718. The number of aryl methyl sites for hydroxylation is 1. The SMILES string of the molecule is CN(C(=O)c1ccc2c(c1)nnn2C)C1CC2CCC(C1)N2.Cl. The van der Waals surface area contributed by atoms with E-state index >= 15 is 0 Å².